The highest BCUT2D eigenvalue weighted by molar-refractivity contribution is 9.10. The summed E-state index contributed by atoms with van der Waals surface area (Å²) in [5.74, 6) is -0.103. The molecule has 0 atom stereocenters. The summed E-state index contributed by atoms with van der Waals surface area (Å²) < 4.78 is 11.3. The summed E-state index contributed by atoms with van der Waals surface area (Å²) in [6.45, 7) is 5.78. The molecule has 0 fully saturated rings. The van der Waals surface area contributed by atoms with Crippen LogP contribution in [0, 0.1) is 13.8 Å². The second-order valence-corrected chi connectivity index (χ2v) is 7.56. The second-order valence-electron chi connectivity index (χ2n) is 5.42. The number of anilines is 1. The Balaban J connectivity index is 2.22. The van der Waals surface area contributed by atoms with E-state index in [4.69, 9.17) is 9.47 Å². The number of esters is 1. The molecule has 0 saturated heterocycles. The Kier molecular flexibility index (Phi) is 6.99. The van der Waals surface area contributed by atoms with E-state index in [0.29, 0.717) is 16.3 Å². The summed E-state index contributed by atoms with van der Waals surface area (Å²) in [6, 6.07) is 5.53. The lowest BCUT2D eigenvalue weighted by molar-refractivity contribution is -0.111. The van der Waals surface area contributed by atoms with Gasteiger partial charge in [0.2, 0.25) is 5.91 Å². The van der Waals surface area contributed by atoms with Crippen molar-refractivity contribution >= 4 is 50.2 Å². The first kappa shape index (κ1) is 20.2. The van der Waals surface area contributed by atoms with Crippen LogP contribution in [0.1, 0.15) is 33.3 Å². The average Bonchev–Trinajstić information content (AvgIpc) is 2.87. The van der Waals surface area contributed by atoms with Crippen molar-refractivity contribution in [2.45, 2.75) is 20.8 Å². The lowest BCUT2D eigenvalue weighted by Gasteiger charge is -2.06. The number of halogens is 1. The van der Waals surface area contributed by atoms with Crippen molar-refractivity contribution < 1.29 is 19.1 Å². The fourth-order valence-corrected chi connectivity index (χ4v) is 3.75. The van der Waals surface area contributed by atoms with Gasteiger partial charge in [-0.25, -0.2) is 4.79 Å². The fourth-order valence-electron chi connectivity index (χ4n) is 2.32. The first-order valence-corrected chi connectivity index (χ1v) is 9.58. The molecule has 0 unspecified atom stereocenters. The molecule has 1 heterocycles. The zero-order chi connectivity index (χ0) is 19.3. The summed E-state index contributed by atoms with van der Waals surface area (Å²) >= 11 is 4.75. The van der Waals surface area contributed by atoms with E-state index in [-0.39, 0.29) is 12.5 Å². The number of hydrogen-bond acceptors (Lipinski definition) is 5. The molecule has 0 aliphatic rings. The molecule has 0 radical (unpaired) electrons. The van der Waals surface area contributed by atoms with Gasteiger partial charge < -0.3 is 14.8 Å². The standard InChI is InChI=1S/C19H20BrNO4S/c1-5-25-19(23)17-11(2)12(3)26-18(17)21-16(22)9-6-13-10-14(20)7-8-15(13)24-4/h6-10H,5H2,1-4H3,(H,21,22)/b9-6+. The monoisotopic (exact) mass is 437 g/mol. The van der Waals surface area contributed by atoms with E-state index >= 15 is 0 Å². The Labute approximate surface area is 165 Å². The highest BCUT2D eigenvalue weighted by Crippen LogP contribution is 2.33. The number of carbonyl (C=O) groups is 2. The van der Waals surface area contributed by atoms with Crippen molar-refractivity contribution in [3.05, 3.63) is 50.3 Å². The van der Waals surface area contributed by atoms with Gasteiger partial charge in [0.25, 0.3) is 0 Å². The van der Waals surface area contributed by atoms with E-state index in [1.165, 1.54) is 17.4 Å². The first-order valence-electron chi connectivity index (χ1n) is 7.97. The lowest BCUT2D eigenvalue weighted by Crippen LogP contribution is -2.12. The smallest absolute Gasteiger partial charge is 0.341 e. The molecule has 26 heavy (non-hydrogen) atoms. The average molecular weight is 438 g/mol. The third-order valence-electron chi connectivity index (χ3n) is 3.71. The van der Waals surface area contributed by atoms with Gasteiger partial charge in [-0.3, -0.25) is 4.79 Å². The molecule has 0 spiro atoms. The van der Waals surface area contributed by atoms with Crippen LogP contribution in [0.15, 0.2) is 28.7 Å². The van der Waals surface area contributed by atoms with E-state index in [0.717, 1.165) is 20.5 Å². The van der Waals surface area contributed by atoms with Gasteiger partial charge in [0.05, 0.1) is 19.3 Å². The molecule has 2 rings (SSSR count). The molecule has 1 N–H and O–H groups in total. The number of amides is 1. The van der Waals surface area contributed by atoms with Gasteiger partial charge in [0, 0.05) is 21.0 Å². The summed E-state index contributed by atoms with van der Waals surface area (Å²) in [6.07, 6.45) is 3.07. The fraction of sp³-hybridized carbons (Fsp3) is 0.263. The van der Waals surface area contributed by atoms with Crippen molar-refractivity contribution in [3.8, 4) is 5.75 Å². The van der Waals surface area contributed by atoms with Gasteiger partial charge in [0.15, 0.2) is 0 Å². The van der Waals surface area contributed by atoms with E-state index in [1.807, 2.05) is 32.0 Å². The second kappa shape index (κ2) is 9.00. The van der Waals surface area contributed by atoms with Crippen LogP contribution in [-0.4, -0.2) is 25.6 Å². The van der Waals surface area contributed by atoms with E-state index in [2.05, 4.69) is 21.2 Å². The lowest BCUT2D eigenvalue weighted by atomic mass is 10.1. The predicted molar refractivity (Wildman–Crippen MR) is 108 cm³/mol. The molecule has 1 aromatic heterocycles. The maximum atomic E-state index is 12.3. The zero-order valence-corrected chi connectivity index (χ0v) is 17.4. The van der Waals surface area contributed by atoms with Crippen molar-refractivity contribution in [3.63, 3.8) is 0 Å². The van der Waals surface area contributed by atoms with Gasteiger partial charge in [-0.15, -0.1) is 11.3 Å². The number of benzene rings is 1. The number of carbonyl (C=O) groups excluding carboxylic acids is 2. The quantitative estimate of drug-likeness (QED) is 0.511. The van der Waals surface area contributed by atoms with E-state index in [9.17, 15) is 9.59 Å². The van der Waals surface area contributed by atoms with Crippen molar-refractivity contribution in [2.24, 2.45) is 0 Å². The molecule has 2 aromatic rings. The predicted octanol–water partition coefficient (Wildman–Crippen LogP) is 4.96. The number of nitrogens with one attached hydrogen (secondary N) is 1. The number of thiophene rings is 1. The molecule has 7 heteroatoms. The van der Waals surface area contributed by atoms with Crippen LogP contribution in [0.3, 0.4) is 0 Å². The van der Waals surface area contributed by atoms with Crippen LogP contribution in [0.5, 0.6) is 5.75 Å². The number of ether oxygens (including phenoxy) is 2. The van der Waals surface area contributed by atoms with Crippen molar-refractivity contribution in [2.75, 3.05) is 19.0 Å². The highest BCUT2D eigenvalue weighted by atomic mass is 79.9. The van der Waals surface area contributed by atoms with Crippen LogP contribution < -0.4 is 10.1 Å². The van der Waals surface area contributed by atoms with Crippen LogP contribution in [-0.2, 0) is 9.53 Å². The van der Waals surface area contributed by atoms with Crippen LogP contribution in [0.25, 0.3) is 6.08 Å². The molecule has 1 aromatic carbocycles. The largest absolute Gasteiger partial charge is 0.496 e. The molecular formula is C19H20BrNO4S. The molecule has 0 aliphatic carbocycles. The Morgan fingerprint density at radius 3 is 2.69 bits per heavy atom. The van der Waals surface area contributed by atoms with E-state index in [1.54, 1.807) is 20.1 Å². The number of aryl methyl sites for hydroxylation is 1. The number of hydrogen-bond donors (Lipinski definition) is 1. The molecule has 0 saturated carbocycles. The van der Waals surface area contributed by atoms with Crippen molar-refractivity contribution in [1.29, 1.82) is 0 Å². The van der Waals surface area contributed by atoms with Crippen LogP contribution >= 0.6 is 27.3 Å². The third kappa shape index (κ3) is 4.74. The number of rotatable bonds is 6. The molecular weight excluding hydrogens is 418 g/mol. The molecule has 0 bridgehead atoms. The van der Waals surface area contributed by atoms with Crippen molar-refractivity contribution in [1.82, 2.24) is 0 Å². The molecule has 138 valence electrons. The van der Waals surface area contributed by atoms with Gasteiger partial charge in [-0.2, -0.15) is 0 Å². The zero-order valence-electron chi connectivity index (χ0n) is 15.0. The Morgan fingerprint density at radius 2 is 2.04 bits per heavy atom. The highest BCUT2D eigenvalue weighted by Gasteiger charge is 2.21. The minimum Gasteiger partial charge on any atom is -0.496 e. The van der Waals surface area contributed by atoms with Gasteiger partial charge in [-0.05, 0) is 50.6 Å². The topological polar surface area (TPSA) is 64.6 Å². The third-order valence-corrected chi connectivity index (χ3v) is 5.32. The molecule has 0 aliphatic heterocycles. The SMILES string of the molecule is CCOC(=O)c1c(NC(=O)/C=C/c2cc(Br)ccc2OC)sc(C)c1C. The summed E-state index contributed by atoms with van der Waals surface area (Å²) in [5, 5.41) is 3.27. The summed E-state index contributed by atoms with van der Waals surface area (Å²) in [5.41, 5.74) is 2.00. The normalized spacial score (nSPS) is 10.8. The number of methoxy groups -OCH3 is 1. The molecule has 1 amide bonds. The van der Waals surface area contributed by atoms with Crippen LogP contribution in [0.4, 0.5) is 5.00 Å². The summed E-state index contributed by atoms with van der Waals surface area (Å²) in [4.78, 5) is 25.5. The van der Waals surface area contributed by atoms with Gasteiger partial charge in [-0.1, -0.05) is 15.9 Å². The first-order chi connectivity index (χ1) is 12.4. The Morgan fingerprint density at radius 1 is 1.31 bits per heavy atom. The maximum absolute atomic E-state index is 12.3. The van der Waals surface area contributed by atoms with Crippen LogP contribution in [0.2, 0.25) is 0 Å². The maximum Gasteiger partial charge on any atom is 0.341 e. The Hall–Kier alpha value is -2.12. The van der Waals surface area contributed by atoms with Gasteiger partial charge >= 0.3 is 5.97 Å². The van der Waals surface area contributed by atoms with Gasteiger partial charge in [0.1, 0.15) is 10.8 Å². The molecule has 5 nitrogen and oxygen atoms in total. The minimum absolute atomic E-state index is 0.281. The van der Waals surface area contributed by atoms with E-state index < -0.39 is 5.97 Å². The Bertz CT molecular complexity index is 857. The minimum atomic E-state index is -0.428. The summed E-state index contributed by atoms with van der Waals surface area (Å²) in [7, 11) is 1.57.